The van der Waals surface area contributed by atoms with Crippen LogP contribution in [0.25, 0.3) is 0 Å². The number of morpholine rings is 1. The van der Waals surface area contributed by atoms with Gasteiger partial charge in [-0.2, -0.15) is 0 Å². The molecule has 0 aliphatic carbocycles. The van der Waals surface area contributed by atoms with E-state index in [1.165, 1.54) is 5.56 Å². The molecule has 2 aromatic carbocycles. The Hall–Kier alpha value is -2.38. The number of carbonyl (C=O) groups is 1. The topological polar surface area (TPSA) is 73.4 Å². The van der Waals surface area contributed by atoms with Gasteiger partial charge in [-0.05, 0) is 11.1 Å². The summed E-state index contributed by atoms with van der Waals surface area (Å²) in [5, 5.41) is 0. The van der Waals surface area contributed by atoms with Crippen LogP contribution in [0.4, 0.5) is 0 Å². The van der Waals surface area contributed by atoms with Crippen LogP contribution < -0.4 is 5.73 Å². The zero-order valence-corrected chi connectivity index (χ0v) is 18.8. The molecule has 1 unspecified atom stereocenters. The summed E-state index contributed by atoms with van der Waals surface area (Å²) in [6.07, 6.45) is 4.08. The second-order valence-corrected chi connectivity index (χ2v) is 7.39. The highest BCUT2D eigenvalue weighted by molar-refractivity contribution is 5.85. The Kier molecular flexibility index (Phi) is 9.52. The maximum Gasteiger partial charge on any atom is 0.240 e. The molecule has 2 heterocycles. The molecule has 31 heavy (non-hydrogen) atoms. The molecular formula is C23H28Cl2N4O2. The van der Waals surface area contributed by atoms with E-state index in [9.17, 15) is 4.79 Å². The SMILES string of the molecule is Cl.Cl.N[C@@H](Cc1cn(Cc2ccccc2)cn1)C(=O)N1CCOC(c2ccccc2)C1. The van der Waals surface area contributed by atoms with Crippen molar-refractivity contribution in [2.24, 2.45) is 5.73 Å². The van der Waals surface area contributed by atoms with Gasteiger partial charge in [-0.3, -0.25) is 4.79 Å². The van der Waals surface area contributed by atoms with E-state index in [-0.39, 0.29) is 36.8 Å². The largest absolute Gasteiger partial charge is 0.370 e. The van der Waals surface area contributed by atoms with Gasteiger partial charge in [0.15, 0.2) is 0 Å². The number of imidazole rings is 1. The zero-order valence-electron chi connectivity index (χ0n) is 17.2. The quantitative estimate of drug-likeness (QED) is 0.609. The maximum atomic E-state index is 12.9. The number of carbonyl (C=O) groups excluding carboxylic acids is 1. The highest BCUT2D eigenvalue weighted by Crippen LogP contribution is 2.22. The molecule has 1 fully saturated rings. The first-order valence-corrected chi connectivity index (χ1v) is 9.94. The van der Waals surface area contributed by atoms with E-state index >= 15 is 0 Å². The van der Waals surface area contributed by atoms with Crippen molar-refractivity contribution in [2.45, 2.75) is 25.1 Å². The standard InChI is InChI=1S/C23H26N4O2.2ClH/c24-21(13-20-15-26(17-25-20)14-18-7-3-1-4-8-18)23(28)27-11-12-29-22(16-27)19-9-5-2-6-10-19;;/h1-10,15,17,21-22H,11-14,16,24H2;2*1H/t21-,22?;;/m0../s1. The fraction of sp³-hybridized carbons (Fsp3) is 0.304. The molecular weight excluding hydrogens is 435 g/mol. The van der Waals surface area contributed by atoms with Crippen molar-refractivity contribution in [3.8, 4) is 0 Å². The average Bonchev–Trinajstić information content (AvgIpc) is 3.21. The van der Waals surface area contributed by atoms with Crippen molar-refractivity contribution < 1.29 is 9.53 Å². The van der Waals surface area contributed by atoms with Gasteiger partial charge in [0.05, 0.1) is 31.2 Å². The van der Waals surface area contributed by atoms with Crippen LogP contribution in [0.1, 0.15) is 22.9 Å². The number of ether oxygens (including phenoxy) is 1. The van der Waals surface area contributed by atoms with Crippen molar-refractivity contribution in [1.29, 1.82) is 0 Å². The Balaban J connectivity index is 0.00000171. The first-order valence-electron chi connectivity index (χ1n) is 9.94. The minimum absolute atomic E-state index is 0. The van der Waals surface area contributed by atoms with E-state index in [0.717, 1.165) is 17.8 Å². The lowest BCUT2D eigenvalue weighted by Crippen LogP contribution is -2.50. The van der Waals surface area contributed by atoms with E-state index in [1.807, 2.05) is 64.2 Å². The van der Waals surface area contributed by atoms with Crippen LogP contribution in [0.5, 0.6) is 0 Å². The molecule has 6 nitrogen and oxygen atoms in total. The van der Waals surface area contributed by atoms with Crippen LogP contribution in [0.2, 0.25) is 0 Å². The van der Waals surface area contributed by atoms with Crippen LogP contribution in [0, 0.1) is 0 Å². The fourth-order valence-corrected chi connectivity index (χ4v) is 3.66. The number of aromatic nitrogens is 2. The Morgan fingerprint density at radius 2 is 1.77 bits per heavy atom. The average molecular weight is 463 g/mol. The number of amides is 1. The van der Waals surface area contributed by atoms with E-state index in [2.05, 4.69) is 17.1 Å². The minimum Gasteiger partial charge on any atom is -0.370 e. The lowest BCUT2D eigenvalue weighted by molar-refractivity contribution is -0.140. The maximum absolute atomic E-state index is 12.9. The van der Waals surface area contributed by atoms with Gasteiger partial charge in [0.25, 0.3) is 0 Å². The summed E-state index contributed by atoms with van der Waals surface area (Å²) in [6.45, 7) is 2.36. The summed E-state index contributed by atoms with van der Waals surface area (Å²) in [5.41, 5.74) is 9.36. The first kappa shape index (κ1) is 24.9. The van der Waals surface area contributed by atoms with Gasteiger partial charge in [0.1, 0.15) is 6.10 Å². The third kappa shape index (κ3) is 6.55. The lowest BCUT2D eigenvalue weighted by Gasteiger charge is -2.34. The van der Waals surface area contributed by atoms with Gasteiger partial charge in [-0.25, -0.2) is 4.98 Å². The van der Waals surface area contributed by atoms with Gasteiger partial charge in [0.2, 0.25) is 5.91 Å². The van der Waals surface area contributed by atoms with Crippen LogP contribution in [0.3, 0.4) is 0 Å². The molecule has 1 aliphatic heterocycles. The van der Waals surface area contributed by atoms with Gasteiger partial charge in [-0.15, -0.1) is 24.8 Å². The molecule has 3 aromatic rings. The summed E-state index contributed by atoms with van der Waals surface area (Å²) in [4.78, 5) is 19.1. The Labute approximate surface area is 195 Å². The normalized spacial score (nSPS) is 16.7. The summed E-state index contributed by atoms with van der Waals surface area (Å²) < 4.78 is 7.87. The number of halogens is 2. The van der Waals surface area contributed by atoms with E-state index in [0.29, 0.717) is 26.1 Å². The van der Waals surface area contributed by atoms with E-state index < -0.39 is 6.04 Å². The summed E-state index contributed by atoms with van der Waals surface area (Å²) in [7, 11) is 0. The van der Waals surface area contributed by atoms with Crippen LogP contribution in [-0.4, -0.2) is 46.1 Å². The monoisotopic (exact) mass is 462 g/mol. The second-order valence-electron chi connectivity index (χ2n) is 7.39. The number of nitrogens with zero attached hydrogens (tertiary/aromatic N) is 3. The molecule has 1 aliphatic rings. The third-order valence-electron chi connectivity index (χ3n) is 5.19. The molecule has 0 bridgehead atoms. The van der Waals surface area contributed by atoms with Crippen molar-refractivity contribution >= 4 is 30.7 Å². The smallest absolute Gasteiger partial charge is 0.240 e. The zero-order chi connectivity index (χ0) is 20.1. The van der Waals surface area contributed by atoms with Gasteiger partial charge in [0, 0.05) is 25.7 Å². The summed E-state index contributed by atoms with van der Waals surface area (Å²) in [5.74, 6) is -0.0492. The van der Waals surface area contributed by atoms with Crippen LogP contribution >= 0.6 is 24.8 Å². The Morgan fingerprint density at radius 3 is 2.48 bits per heavy atom. The van der Waals surface area contributed by atoms with Crippen molar-refractivity contribution in [3.05, 3.63) is 90.0 Å². The highest BCUT2D eigenvalue weighted by Gasteiger charge is 2.28. The van der Waals surface area contributed by atoms with E-state index in [1.54, 1.807) is 6.33 Å². The molecule has 166 valence electrons. The Morgan fingerprint density at radius 1 is 1.10 bits per heavy atom. The molecule has 0 saturated carbocycles. The van der Waals surface area contributed by atoms with Gasteiger partial charge in [-0.1, -0.05) is 60.7 Å². The molecule has 8 heteroatoms. The van der Waals surface area contributed by atoms with Gasteiger partial charge < -0.3 is 19.9 Å². The number of hydrogen-bond acceptors (Lipinski definition) is 4. The number of rotatable bonds is 6. The molecule has 1 amide bonds. The predicted octanol–water partition coefficient (Wildman–Crippen LogP) is 3.24. The summed E-state index contributed by atoms with van der Waals surface area (Å²) >= 11 is 0. The first-order chi connectivity index (χ1) is 14.2. The molecule has 2 atom stereocenters. The van der Waals surface area contributed by atoms with Gasteiger partial charge >= 0.3 is 0 Å². The van der Waals surface area contributed by atoms with E-state index in [4.69, 9.17) is 10.5 Å². The van der Waals surface area contributed by atoms with Crippen LogP contribution in [-0.2, 0) is 22.5 Å². The van der Waals surface area contributed by atoms with Crippen molar-refractivity contribution in [3.63, 3.8) is 0 Å². The van der Waals surface area contributed by atoms with Crippen molar-refractivity contribution in [2.75, 3.05) is 19.7 Å². The molecule has 0 spiro atoms. The van der Waals surface area contributed by atoms with Crippen molar-refractivity contribution in [1.82, 2.24) is 14.5 Å². The fourth-order valence-electron chi connectivity index (χ4n) is 3.66. The molecule has 4 rings (SSSR count). The third-order valence-corrected chi connectivity index (χ3v) is 5.19. The molecule has 1 saturated heterocycles. The molecule has 1 aromatic heterocycles. The molecule has 0 radical (unpaired) electrons. The number of nitrogens with two attached hydrogens (primary N) is 1. The number of benzene rings is 2. The minimum atomic E-state index is -0.607. The molecule has 2 N–H and O–H groups in total. The second kappa shape index (κ2) is 11.9. The summed E-state index contributed by atoms with van der Waals surface area (Å²) in [6, 6.07) is 19.6. The lowest BCUT2D eigenvalue weighted by atomic mass is 10.1. The highest BCUT2D eigenvalue weighted by atomic mass is 35.5. The Bertz CT molecular complexity index is 937. The number of hydrogen-bond donors (Lipinski definition) is 1. The predicted molar refractivity (Wildman–Crippen MR) is 126 cm³/mol. The van der Waals surface area contributed by atoms with Crippen LogP contribution in [0.15, 0.2) is 73.2 Å².